The van der Waals surface area contributed by atoms with Crippen molar-refractivity contribution in [3.8, 4) is 0 Å². The number of hydrogen-bond acceptors (Lipinski definition) is 2. The summed E-state index contributed by atoms with van der Waals surface area (Å²) >= 11 is 0. The van der Waals surface area contributed by atoms with E-state index in [4.69, 9.17) is 0 Å². The molecule has 1 fully saturated rings. The van der Waals surface area contributed by atoms with Gasteiger partial charge in [-0.2, -0.15) is 4.31 Å². The highest BCUT2D eigenvalue weighted by Crippen LogP contribution is 2.25. The molecule has 0 bridgehead atoms. The van der Waals surface area contributed by atoms with E-state index in [1.807, 2.05) is 12.1 Å². The maximum absolute atomic E-state index is 12.3. The zero-order chi connectivity index (χ0) is 13.4. The van der Waals surface area contributed by atoms with Crippen LogP contribution in [0, 0.1) is 0 Å². The Balaban J connectivity index is 2.29. The molecule has 2 rings (SSSR count). The minimum Gasteiger partial charge on any atom is -0.207 e. The van der Waals surface area contributed by atoms with E-state index in [0.717, 1.165) is 18.4 Å². The van der Waals surface area contributed by atoms with E-state index in [1.54, 1.807) is 16.4 Å². The molecule has 0 unspecified atom stereocenters. The van der Waals surface area contributed by atoms with Crippen molar-refractivity contribution in [3.63, 3.8) is 0 Å². The molecule has 0 atom stereocenters. The Morgan fingerprint density at radius 2 is 1.50 bits per heavy atom. The summed E-state index contributed by atoms with van der Waals surface area (Å²) in [6.45, 7) is 7.68. The van der Waals surface area contributed by atoms with Gasteiger partial charge in [-0.1, -0.05) is 32.9 Å². The molecular formula is C14H21NO2S. The van der Waals surface area contributed by atoms with E-state index in [1.165, 1.54) is 0 Å². The zero-order valence-electron chi connectivity index (χ0n) is 11.3. The summed E-state index contributed by atoms with van der Waals surface area (Å²) in [7, 11) is -3.27. The molecular weight excluding hydrogens is 246 g/mol. The Morgan fingerprint density at radius 1 is 1.00 bits per heavy atom. The van der Waals surface area contributed by atoms with Crippen LogP contribution in [0.3, 0.4) is 0 Å². The molecule has 0 amide bonds. The maximum atomic E-state index is 12.3. The largest absolute Gasteiger partial charge is 0.243 e. The molecule has 3 nitrogen and oxygen atoms in total. The van der Waals surface area contributed by atoms with Crippen molar-refractivity contribution in [2.45, 2.75) is 43.9 Å². The number of rotatable bonds is 2. The Kier molecular flexibility index (Phi) is 3.52. The summed E-state index contributed by atoms with van der Waals surface area (Å²) in [6, 6.07) is 7.30. The average Bonchev–Trinajstić information content (AvgIpc) is 2.82. The molecule has 100 valence electrons. The van der Waals surface area contributed by atoms with E-state index < -0.39 is 10.0 Å². The van der Waals surface area contributed by atoms with Crippen LogP contribution in [0.15, 0.2) is 29.2 Å². The molecule has 1 aliphatic heterocycles. The number of hydrogen-bond donors (Lipinski definition) is 0. The Hall–Kier alpha value is -0.870. The number of nitrogens with zero attached hydrogens (tertiary/aromatic N) is 1. The van der Waals surface area contributed by atoms with Gasteiger partial charge in [0.25, 0.3) is 0 Å². The van der Waals surface area contributed by atoms with Crippen molar-refractivity contribution in [1.82, 2.24) is 4.31 Å². The molecule has 0 aliphatic carbocycles. The minimum absolute atomic E-state index is 0.0515. The molecule has 1 aliphatic rings. The fraction of sp³-hybridized carbons (Fsp3) is 0.571. The number of benzene rings is 1. The molecule has 18 heavy (non-hydrogen) atoms. The van der Waals surface area contributed by atoms with Crippen LogP contribution in [0.1, 0.15) is 39.2 Å². The molecule has 1 saturated heterocycles. The van der Waals surface area contributed by atoms with Crippen LogP contribution in [0.4, 0.5) is 0 Å². The van der Waals surface area contributed by atoms with E-state index in [0.29, 0.717) is 18.0 Å². The second kappa shape index (κ2) is 4.67. The molecule has 0 aromatic heterocycles. The smallest absolute Gasteiger partial charge is 0.207 e. The van der Waals surface area contributed by atoms with Crippen molar-refractivity contribution < 1.29 is 8.42 Å². The highest BCUT2D eigenvalue weighted by molar-refractivity contribution is 7.89. The Bertz CT molecular complexity index is 506. The van der Waals surface area contributed by atoms with Crippen LogP contribution in [-0.2, 0) is 15.4 Å². The van der Waals surface area contributed by atoms with Crippen LogP contribution in [0.2, 0.25) is 0 Å². The quantitative estimate of drug-likeness (QED) is 0.826. The standard InChI is InChI=1S/C14H21NO2S/c1-14(2,3)12-6-8-13(9-7-12)18(16,17)15-10-4-5-11-15/h6-9H,4-5,10-11H2,1-3H3. The molecule has 1 aromatic carbocycles. The highest BCUT2D eigenvalue weighted by Gasteiger charge is 2.27. The van der Waals surface area contributed by atoms with Gasteiger partial charge in [-0.15, -0.1) is 0 Å². The second-order valence-corrected chi connectivity index (χ2v) is 7.82. The van der Waals surface area contributed by atoms with Gasteiger partial charge in [0.15, 0.2) is 0 Å². The third kappa shape index (κ3) is 2.59. The summed E-state index contributed by atoms with van der Waals surface area (Å²) in [5.41, 5.74) is 1.21. The third-order valence-electron chi connectivity index (χ3n) is 3.42. The second-order valence-electron chi connectivity index (χ2n) is 5.89. The fourth-order valence-electron chi connectivity index (χ4n) is 2.20. The predicted molar refractivity (Wildman–Crippen MR) is 73.1 cm³/mol. The topological polar surface area (TPSA) is 37.4 Å². The Morgan fingerprint density at radius 3 is 1.94 bits per heavy atom. The minimum atomic E-state index is -3.27. The van der Waals surface area contributed by atoms with E-state index >= 15 is 0 Å². The van der Waals surface area contributed by atoms with Crippen LogP contribution in [0.25, 0.3) is 0 Å². The highest BCUT2D eigenvalue weighted by atomic mass is 32.2. The fourth-order valence-corrected chi connectivity index (χ4v) is 3.72. The van der Waals surface area contributed by atoms with Crippen molar-refractivity contribution in [3.05, 3.63) is 29.8 Å². The molecule has 4 heteroatoms. The summed E-state index contributed by atoms with van der Waals surface area (Å²) < 4.78 is 26.2. The lowest BCUT2D eigenvalue weighted by atomic mass is 9.87. The van der Waals surface area contributed by atoms with E-state index in [9.17, 15) is 8.42 Å². The zero-order valence-corrected chi connectivity index (χ0v) is 12.1. The average molecular weight is 267 g/mol. The van der Waals surface area contributed by atoms with Crippen molar-refractivity contribution in [2.75, 3.05) is 13.1 Å². The van der Waals surface area contributed by atoms with Gasteiger partial charge in [-0.05, 0) is 36.0 Å². The maximum Gasteiger partial charge on any atom is 0.243 e. The van der Waals surface area contributed by atoms with Gasteiger partial charge in [0.2, 0.25) is 10.0 Å². The summed E-state index contributed by atoms with van der Waals surface area (Å²) in [6.07, 6.45) is 1.94. The van der Waals surface area contributed by atoms with Crippen LogP contribution >= 0.6 is 0 Å². The molecule has 1 heterocycles. The lowest BCUT2D eigenvalue weighted by Gasteiger charge is -2.20. The van der Waals surface area contributed by atoms with E-state index in [2.05, 4.69) is 20.8 Å². The molecule has 0 radical (unpaired) electrons. The van der Waals surface area contributed by atoms with Gasteiger partial charge in [0.1, 0.15) is 0 Å². The van der Waals surface area contributed by atoms with E-state index in [-0.39, 0.29) is 5.41 Å². The van der Waals surface area contributed by atoms with Gasteiger partial charge in [0.05, 0.1) is 4.90 Å². The van der Waals surface area contributed by atoms with Gasteiger partial charge >= 0.3 is 0 Å². The van der Waals surface area contributed by atoms with Crippen LogP contribution in [0.5, 0.6) is 0 Å². The molecule has 1 aromatic rings. The predicted octanol–water partition coefficient (Wildman–Crippen LogP) is 2.77. The summed E-state index contributed by atoms with van der Waals surface area (Å²) in [4.78, 5) is 0.414. The van der Waals surface area contributed by atoms with Crippen LogP contribution < -0.4 is 0 Å². The van der Waals surface area contributed by atoms with Crippen LogP contribution in [-0.4, -0.2) is 25.8 Å². The normalized spacial score (nSPS) is 18.2. The first-order valence-electron chi connectivity index (χ1n) is 6.42. The first-order valence-corrected chi connectivity index (χ1v) is 7.86. The van der Waals surface area contributed by atoms with Gasteiger partial charge in [0, 0.05) is 13.1 Å². The lowest BCUT2D eigenvalue weighted by molar-refractivity contribution is 0.477. The van der Waals surface area contributed by atoms with Gasteiger partial charge in [-0.25, -0.2) is 8.42 Å². The van der Waals surface area contributed by atoms with Crippen molar-refractivity contribution in [2.24, 2.45) is 0 Å². The number of sulfonamides is 1. The first kappa shape index (κ1) is 13.6. The SMILES string of the molecule is CC(C)(C)c1ccc(S(=O)(=O)N2CCCC2)cc1. The third-order valence-corrected chi connectivity index (χ3v) is 5.34. The van der Waals surface area contributed by atoms with Gasteiger partial charge in [-0.3, -0.25) is 0 Å². The molecule has 0 spiro atoms. The summed E-state index contributed by atoms with van der Waals surface area (Å²) in [5, 5.41) is 0. The summed E-state index contributed by atoms with van der Waals surface area (Å²) in [5.74, 6) is 0. The molecule has 0 N–H and O–H groups in total. The Labute approximate surface area is 110 Å². The molecule has 0 saturated carbocycles. The first-order chi connectivity index (χ1) is 8.32. The van der Waals surface area contributed by atoms with Crippen molar-refractivity contribution in [1.29, 1.82) is 0 Å². The van der Waals surface area contributed by atoms with Gasteiger partial charge < -0.3 is 0 Å². The monoisotopic (exact) mass is 267 g/mol. The van der Waals surface area contributed by atoms with Crippen molar-refractivity contribution >= 4 is 10.0 Å². The lowest BCUT2D eigenvalue weighted by Crippen LogP contribution is -2.27.